The smallest absolute Gasteiger partial charge is 0.324 e. The number of methoxy groups -OCH3 is 1. The SMILES string of the molecule is COc1ccc(-n2ncc3c(NC(=O)c4ccc([N+](=O)[O-])s4)nc(-c4ccc(Cl)cc4F)nc32)cc1. The van der Waals surface area contributed by atoms with E-state index < -0.39 is 16.6 Å². The predicted octanol–water partition coefficient (Wildman–Crippen LogP) is 5.51. The van der Waals surface area contributed by atoms with E-state index in [-0.39, 0.29) is 32.1 Å². The number of hydrogen-bond acceptors (Lipinski definition) is 8. The number of nitrogens with zero attached hydrogens (tertiary/aromatic N) is 5. The minimum Gasteiger partial charge on any atom is -0.497 e. The monoisotopic (exact) mass is 524 g/mol. The molecule has 36 heavy (non-hydrogen) atoms. The Balaban J connectivity index is 1.64. The van der Waals surface area contributed by atoms with Crippen molar-refractivity contribution < 1.29 is 18.8 Å². The third kappa shape index (κ3) is 4.34. The summed E-state index contributed by atoms with van der Waals surface area (Å²) in [4.78, 5) is 32.3. The number of carbonyl (C=O) groups is 1. The maximum absolute atomic E-state index is 14.8. The van der Waals surface area contributed by atoms with E-state index in [2.05, 4.69) is 20.4 Å². The zero-order chi connectivity index (χ0) is 25.4. The van der Waals surface area contributed by atoms with Gasteiger partial charge in [0, 0.05) is 11.1 Å². The number of thiophene rings is 1. The number of ether oxygens (including phenoxy) is 1. The number of nitro groups is 1. The molecule has 0 spiro atoms. The second-order valence-corrected chi connectivity index (χ2v) is 8.86. The zero-order valence-electron chi connectivity index (χ0n) is 18.3. The van der Waals surface area contributed by atoms with Crippen molar-refractivity contribution in [1.82, 2.24) is 19.7 Å². The van der Waals surface area contributed by atoms with Crippen LogP contribution in [0, 0.1) is 15.9 Å². The molecule has 0 unspecified atom stereocenters. The Kier molecular flexibility index (Phi) is 6.04. The molecule has 5 aromatic rings. The van der Waals surface area contributed by atoms with Crippen LogP contribution >= 0.6 is 22.9 Å². The molecule has 0 aliphatic carbocycles. The number of amides is 1. The number of anilines is 1. The molecule has 10 nitrogen and oxygen atoms in total. The molecule has 180 valence electrons. The Morgan fingerprint density at radius 2 is 1.94 bits per heavy atom. The van der Waals surface area contributed by atoms with Gasteiger partial charge < -0.3 is 10.1 Å². The van der Waals surface area contributed by atoms with Crippen LogP contribution in [0.25, 0.3) is 28.1 Å². The Hall–Kier alpha value is -4.42. The first-order valence-electron chi connectivity index (χ1n) is 10.3. The number of hydrogen-bond donors (Lipinski definition) is 1. The quantitative estimate of drug-likeness (QED) is 0.229. The predicted molar refractivity (Wildman–Crippen MR) is 133 cm³/mol. The summed E-state index contributed by atoms with van der Waals surface area (Å²) in [5.41, 5.74) is 0.996. The van der Waals surface area contributed by atoms with Crippen LogP contribution in [0.2, 0.25) is 5.02 Å². The Morgan fingerprint density at radius 3 is 2.61 bits per heavy atom. The summed E-state index contributed by atoms with van der Waals surface area (Å²) >= 11 is 6.62. The summed E-state index contributed by atoms with van der Waals surface area (Å²) in [6.07, 6.45) is 1.47. The summed E-state index contributed by atoms with van der Waals surface area (Å²) in [6.45, 7) is 0. The van der Waals surface area contributed by atoms with Gasteiger partial charge in [-0.2, -0.15) is 5.10 Å². The largest absolute Gasteiger partial charge is 0.497 e. The van der Waals surface area contributed by atoms with Gasteiger partial charge in [0.05, 0.1) is 39.7 Å². The number of halogens is 2. The fraction of sp³-hybridized carbons (Fsp3) is 0.0435. The van der Waals surface area contributed by atoms with Crippen LogP contribution in [0.5, 0.6) is 5.75 Å². The van der Waals surface area contributed by atoms with E-state index in [9.17, 15) is 19.3 Å². The molecule has 0 radical (unpaired) electrons. The highest BCUT2D eigenvalue weighted by Gasteiger charge is 2.21. The van der Waals surface area contributed by atoms with Crippen LogP contribution in [0.4, 0.5) is 15.2 Å². The topological polar surface area (TPSA) is 125 Å². The Labute approximate surface area is 211 Å². The highest BCUT2D eigenvalue weighted by atomic mass is 35.5. The molecule has 0 aliphatic heterocycles. The third-order valence-corrected chi connectivity index (χ3v) is 6.42. The van der Waals surface area contributed by atoms with Crippen LogP contribution < -0.4 is 10.1 Å². The second kappa shape index (κ2) is 9.32. The van der Waals surface area contributed by atoms with Gasteiger partial charge in [-0.05, 0) is 48.5 Å². The molecule has 13 heteroatoms. The van der Waals surface area contributed by atoms with Gasteiger partial charge in [0.25, 0.3) is 5.91 Å². The first-order chi connectivity index (χ1) is 17.3. The molecule has 3 heterocycles. The highest BCUT2D eigenvalue weighted by molar-refractivity contribution is 7.17. The van der Waals surface area contributed by atoms with E-state index in [1.165, 1.54) is 35.1 Å². The number of fused-ring (bicyclic) bond motifs is 1. The minimum absolute atomic E-state index is 0.0145. The van der Waals surface area contributed by atoms with Crippen molar-refractivity contribution in [3.8, 4) is 22.8 Å². The molecule has 0 atom stereocenters. The van der Waals surface area contributed by atoms with Gasteiger partial charge in [-0.15, -0.1) is 0 Å². The lowest BCUT2D eigenvalue weighted by Gasteiger charge is -2.10. The molecule has 0 aliphatic rings. The van der Waals surface area contributed by atoms with Gasteiger partial charge in [-0.1, -0.05) is 22.9 Å². The van der Waals surface area contributed by atoms with Crippen molar-refractivity contribution in [3.63, 3.8) is 0 Å². The standard InChI is InChI=1S/C23H14ClFN6O4S/c1-35-14-5-3-13(4-6-14)30-22-16(11-26-30)21(29-23(32)18-8-9-19(36-18)31(33)34)27-20(28-22)15-7-2-12(24)10-17(15)25/h2-11H,1H3,(H,27,28,29,32). The fourth-order valence-electron chi connectivity index (χ4n) is 3.42. The van der Waals surface area contributed by atoms with E-state index in [0.717, 1.165) is 17.4 Å². The maximum Gasteiger partial charge on any atom is 0.324 e. The molecule has 2 aromatic carbocycles. The maximum atomic E-state index is 14.8. The molecule has 1 N–H and O–H groups in total. The summed E-state index contributed by atoms with van der Waals surface area (Å²) in [5, 5.41) is 18.4. The minimum atomic E-state index is -0.650. The van der Waals surface area contributed by atoms with Crippen molar-refractivity contribution in [1.29, 1.82) is 0 Å². The third-order valence-electron chi connectivity index (χ3n) is 5.14. The highest BCUT2D eigenvalue weighted by Crippen LogP contribution is 2.31. The van der Waals surface area contributed by atoms with Crippen LogP contribution in [0.3, 0.4) is 0 Å². The lowest BCUT2D eigenvalue weighted by molar-refractivity contribution is -0.380. The molecule has 0 saturated heterocycles. The summed E-state index contributed by atoms with van der Waals surface area (Å²) in [6, 6.07) is 13.7. The number of benzene rings is 2. The molecule has 0 saturated carbocycles. The van der Waals surface area contributed by atoms with Gasteiger partial charge in [-0.3, -0.25) is 14.9 Å². The fourth-order valence-corrected chi connectivity index (χ4v) is 4.30. The van der Waals surface area contributed by atoms with Crippen LogP contribution in [-0.2, 0) is 0 Å². The van der Waals surface area contributed by atoms with Crippen LogP contribution in [0.15, 0.2) is 60.8 Å². The molecule has 1 amide bonds. The number of carbonyl (C=O) groups excluding carboxylic acids is 1. The molecule has 0 bridgehead atoms. The average molecular weight is 525 g/mol. The van der Waals surface area contributed by atoms with Gasteiger partial charge >= 0.3 is 5.00 Å². The van der Waals surface area contributed by atoms with Crippen molar-refractivity contribution in [3.05, 3.63) is 86.6 Å². The van der Waals surface area contributed by atoms with E-state index in [1.807, 2.05) is 0 Å². The first kappa shape index (κ1) is 23.3. The van der Waals surface area contributed by atoms with E-state index >= 15 is 0 Å². The van der Waals surface area contributed by atoms with E-state index in [1.54, 1.807) is 31.4 Å². The first-order valence-corrected chi connectivity index (χ1v) is 11.4. The molecule has 3 aromatic heterocycles. The Bertz CT molecular complexity index is 1640. The second-order valence-electron chi connectivity index (χ2n) is 7.36. The molecular weight excluding hydrogens is 511 g/mol. The Morgan fingerprint density at radius 1 is 1.17 bits per heavy atom. The number of aromatic nitrogens is 4. The van der Waals surface area contributed by atoms with Crippen molar-refractivity contribution in [2.24, 2.45) is 0 Å². The van der Waals surface area contributed by atoms with Gasteiger partial charge in [0.1, 0.15) is 17.4 Å². The number of nitrogens with one attached hydrogen (secondary N) is 1. The van der Waals surface area contributed by atoms with E-state index in [4.69, 9.17) is 16.3 Å². The van der Waals surface area contributed by atoms with Crippen molar-refractivity contribution in [2.45, 2.75) is 0 Å². The van der Waals surface area contributed by atoms with Crippen molar-refractivity contribution >= 4 is 50.7 Å². The number of rotatable bonds is 6. The summed E-state index contributed by atoms with van der Waals surface area (Å²) in [7, 11) is 1.55. The summed E-state index contributed by atoms with van der Waals surface area (Å²) in [5.74, 6) is -0.576. The normalized spacial score (nSPS) is 11.0. The molecule has 5 rings (SSSR count). The van der Waals surface area contributed by atoms with Gasteiger partial charge in [0.15, 0.2) is 11.5 Å². The van der Waals surface area contributed by atoms with E-state index in [0.29, 0.717) is 22.5 Å². The molecular formula is C23H14ClFN6O4S. The average Bonchev–Trinajstić information content (AvgIpc) is 3.52. The van der Waals surface area contributed by atoms with Crippen molar-refractivity contribution in [2.75, 3.05) is 12.4 Å². The van der Waals surface area contributed by atoms with Crippen LogP contribution in [0.1, 0.15) is 9.67 Å². The lowest BCUT2D eigenvalue weighted by atomic mass is 10.2. The lowest BCUT2D eigenvalue weighted by Crippen LogP contribution is -2.13. The summed E-state index contributed by atoms with van der Waals surface area (Å²) < 4.78 is 21.5. The zero-order valence-corrected chi connectivity index (χ0v) is 19.9. The van der Waals surface area contributed by atoms with Crippen LogP contribution in [-0.4, -0.2) is 37.7 Å². The van der Waals surface area contributed by atoms with Gasteiger partial charge in [0.2, 0.25) is 0 Å². The molecule has 0 fully saturated rings. The van der Waals surface area contributed by atoms with Gasteiger partial charge in [-0.25, -0.2) is 19.0 Å².